The minimum absolute atomic E-state index is 0.0225. The Bertz CT molecular complexity index is 1430. The highest BCUT2D eigenvalue weighted by atomic mass is 16.2. The summed E-state index contributed by atoms with van der Waals surface area (Å²) in [5, 5.41) is 2.82. The zero-order valence-corrected chi connectivity index (χ0v) is 20.1. The van der Waals surface area contributed by atoms with Crippen molar-refractivity contribution in [2.45, 2.75) is 20.0 Å². The maximum atomic E-state index is 13.0. The van der Waals surface area contributed by atoms with Crippen LogP contribution in [0.5, 0.6) is 0 Å². The van der Waals surface area contributed by atoms with Gasteiger partial charge in [0.25, 0.3) is 11.5 Å². The van der Waals surface area contributed by atoms with Crippen LogP contribution in [0.4, 0.5) is 11.4 Å². The van der Waals surface area contributed by atoms with E-state index in [1.807, 2.05) is 72.5 Å². The average molecular weight is 481 g/mol. The molecule has 0 atom stereocenters. The minimum atomic E-state index is -0.500. The summed E-state index contributed by atoms with van der Waals surface area (Å²) in [4.78, 5) is 39.6. The van der Waals surface area contributed by atoms with Crippen molar-refractivity contribution < 1.29 is 9.59 Å². The summed E-state index contributed by atoms with van der Waals surface area (Å²) < 4.78 is 1.52. The van der Waals surface area contributed by atoms with Crippen LogP contribution >= 0.6 is 0 Å². The van der Waals surface area contributed by atoms with Crippen LogP contribution in [0, 0.1) is 6.92 Å². The molecule has 1 heterocycles. The molecule has 4 rings (SSSR count). The summed E-state index contributed by atoms with van der Waals surface area (Å²) in [7, 11) is 0. The number of amides is 2. The number of aromatic nitrogens is 1. The van der Waals surface area contributed by atoms with Gasteiger partial charge in [-0.2, -0.15) is 0 Å². The number of carbonyl (C=O) groups excluding carboxylic acids is 2. The lowest BCUT2D eigenvalue weighted by atomic mass is 10.1. The quantitative estimate of drug-likeness (QED) is 0.379. The monoisotopic (exact) mass is 480 g/mol. The molecular formula is C29H28N4O3. The van der Waals surface area contributed by atoms with Gasteiger partial charge >= 0.3 is 0 Å². The first-order valence-electron chi connectivity index (χ1n) is 11.6. The third kappa shape index (κ3) is 6.27. The minimum Gasteiger partial charge on any atom is -0.368 e. The fourth-order valence-electron chi connectivity index (χ4n) is 4.05. The van der Waals surface area contributed by atoms with E-state index in [1.54, 1.807) is 30.5 Å². The molecule has 7 heteroatoms. The van der Waals surface area contributed by atoms with Crippen LogP contribution < -0.4 is 21.5 Å². The zero-order chi connectivity index (χ0) is 25.5. The molecule has 0 aliphatic heterocycles. The fraction of sp³-hybridized carbons (Fsp3) is 0.138. The van der Waals surface area contributed by atoms with E-state index in [0.29, 0.717) is 18.8 Å². The van der Waals surface area contributed by atoms with E-state index < -0.39 is 11.8 Å². The van der Waals surface area contributed by atoms with Crippen molar-refractivity contribution in [1.29, 1.82) is 0 Å². The van der Waals surface area contributed by atoms with Gasteiger partial charge in [-0.1, -0.05) is 66.2 Å². The van der Waals surface area contributed by atoms with Crippen LogP contribution in [-0.2, 0) is 17.9 Å². The highest BCUT2D eigenvalue weighted by molar-refractivity contribution is 6.04. The fourth-order valence-corrected chi connectivity index (χ4v) is 4.05. The largest absolute Gasteiger partial charge is 0.368 e. The number of carbonyl (C=O) groups is 2. The predicted octanol–water partition coefficient (Wildman–Crippen LogP) is 3.95. The number of rotatable bonds is 9. The number of anilines is 2. The number of hydrogen-bond donors (Lipinski definition) is 2. The van der Waals surface area contributed by atoms with Crippen LogP contribution in [0.15, 0.2) is 102 Å². The first-order chi connectivity index (χ1) is 17.4. The van der Waals surface area contributed by atoms with Crippen molar-refractivity contribution in [2.75, 3.05) is 16.8 Å². The molecule has 182 valence electrons. The van der Waals surface area contributed by atoms with Crippen LogP contribution in [0.1, 0.15) is 27.0 Å². The van der Waals surface area contributed by atoms with Gasteiger partial charge < -0.3 is 20.5 Å². The topological polar surface area (TPSA) is 97.4 Å². The molecule has 0 bridgehead atoms. The van der Waals surface area contributed by atoms with Gasteiger partial charge in [-0.3, -0.25) is 14.4 Å². The molecule has 0 radical (unpaired) electrons. The molecule has 3 N–H and O–H groups in total. The van der Waals surface area contributed by atoms with E-state index in [-0.39, 0.29) is 17.7 Å². The summed E-state index contributed by atoms with van der Waals surface area (Å²) in [5.41, 5.74) is 9.50. The van der Waals surface area contributed by atoms with Crippen molar-refractivity contribution in [3.8, 4) is 0 Å². The number of nitrogens with zero attached hydrogens (tertiary/aromatic N) is 2. The Kier molecular flexibility index (Phi) is 7.60. The second-order valence-corrected chi connectivity index (χ2v) is 8.66. The lowest BCUT2D eigenvalue weighted by Gasteiger charge is -2.24. The lowest BCUT2D eigenvalue weighted by molar-refractivity contribution is -0.116. The van der Waals surface area contributed by atoms with Crippen LogP contribution in [0.3, 0.4) is 0 Å². The van der Waals surface area contributed by atoms with Gasteiger partial charge in [0.15, 0.2) is 0 Å². The summed E-state index contributed by atoms with van der Waals surface area (Å²) in [6.07, 6.45) is 1.67. The van der Waals surface area contributed by atoms with Gasteiger partial charge in [0.05, 0.1) is 13.1 Å². The molecule has 0 aliphatic carbocycles. The van der Waals surface area contributed by atoms with Crippen molar-refractivity contribution >= 4 is 23.2 Å². The number of primary amides is 1. The summed E-state index contributed by atoms with van der Waals surface area (Å²) in [5.74, 6) is -0.959. The Labute approximate surface area is 209 Å². The third-order valence-corrected chi connectivity index (χ3v) is 5.73. The van der Waals surface area contributed by atoms with Crippen LogP contribution in [0.2, 0.25) is 0 Å². The Hall–Kier alpha value is -4.65. The molecule has 0 unspecified atom stereocenters. The van der Waals surface area contributed by atoms with E-state index in [9.17, 15) is 14.4 Å². The van der Waals surface area contributed by atoms with Gasteiger partial charge in [0, 0.05) is 24.1 Å². The standard InChI is InChI=1S/C29H28N4O3/c1-21-8-5-11-23(16-21)19-32-15-7-14-26(29(32)36)28(35)31-24-12-6-13-25(17-24)33(20-27(30)34)18-22-9-3-2-4-10-22/h2-17H,18-20H2,1H3,(H2,30,34)(H,31,35). The maximum Gasteiger partial charge on any atom is 0.263 e. The SMILES string of the molecule is Cc1cccc(Cn2cccc(C(=O)Nc3cccc(N(CC(N)=O)Cc4ccccc4)c3)c2=O)c1. The first kappa shape index (κ1) is 24.5. The number of nitrogens with one attached hydrogen (secondary N) is 1. The smallest absolute Gasteiger partial charge is 0.263 e. The van der Waals surface area contributed by atoms with E-state index in [4.69, 9.17) is 5.73 Å². The van der Waals surface area contributed by atoms with Gasteiger partial charge in [-0.15, -0.1) is 0 Å². The van der Waals surface area contributed by atoms with Crippen molar-refractivity contribution in [2.24, 2.45) is 5.73 Å². The van der Waals surface area contributed by atoms with E-state index in [0.717, 1.165) is 22.4 Å². The molecule has 4 aromatic rings. The molecule has 3 aromatic carbocycles. The molecule has 0 saturated carbocycles. The molecule has 0 saturated heterocycles. The molecule has 0 fully saturated rings. The molecule has 36 heavy (non-hydrogen) atoms. The second kappa shape index (κ2) is 11.2. The van der Waals surface area contributed by atoms with Gasteiger partial charge in [-0.25, -0.2) is 0 Å². The van der Waals surface area contributed by atoms with Gasteiger partial charge in [0.1, 0.15) is 5.56 Å². The highest BCUT2D eigenvalue weighted by Gasteiger charge is 2.15. The summed E-state index contributed by atoms with van der Waals surface area (Å²) in [6, 6.07) is 28.0. The number of hydrogen-bond acceptors (Lipinski definition) is 4. The highest BCUT2D eigenvalue weighted by Crippen LogP contribution is 2.22. The average Bonchev–Trinajstić information content (AvgIpc) is 2.85. The molecular weight excluding hydrogens is 452 g/mol. The number of nitrogens with two attached hydrogens (primary N) is 1. The van der Waals surface area contributed by atoms with Crippen LogP contribution in [0.25, 0.3) is 0 Å². The van der Waals surface area contributed by atoms with E-state index >= 15 is 0 Å². The Morgan fingerprint density at radius 3 is 2.39 bits per heavy atom. The predicted molar refractivity (Wildman–Crippen MR) is 142 cm³/mol. The van der Waals surface area contributed by atoms with Gasteiger partial charge in [-0.05, 0) is 48.4 Å². The second-order valence-electron chi connectivity index (χ2n) is 8.66. The maximum absolute atomic E-state index is 13.0. The molecule has 1 aromatic heterocycles. The van der Waals surface area contributed by atoms with Crippen molar-refractivity contribution in [1.82, 2.24) is 4.57 Å². The number of aryl methyl sites for hydroxylation is 1. The molecule has 7 nitrogen and oxygen atoms in total. The van der Waals surface area contributed by atoms with Gasteiger partial charge in [0.2, 0.25) is 5.91 Å². The lowest BCUT2D eigenvalue weighted by Crippen LogP contribution is -2.33. The number of pyridine rings is 1. The normalized spacial score (nSPS) is 10.6. The Morgan fingerprint density at radius 1 is 0.889 bits per heavy atom. The van der Waals surface area contributed by atoms with Crippen molar-refractivity contribution in [3.05, 3.63) is 130 Å². The molecule has 2 amide bonds. The van der Waals surface area contributed by atoms with Crippen molar-refractivity contribution in [3.63, 3.8) is 0 Å². The zero-order valence-electron chi connectivity index (χ0n) is 20.1. The molecule has 0 spiro atoms. The van der Waals surface area contributed by atoms with E-state index in [1.165, 1.54) is 10.6 Å². The molecule has 0 aliphatic rings. The Balaban J connectivity index is 1.54. The first-order valence-corrected chi connectivity index (χ1v) is 11.6. The third-order valence-electron chi connectivity index (χ3n) is 5.73. The summed E-state index contributed by atoms with van der Waals surface area (Å²) in [6.45, 7) is 2.87. The van der Waals surface area contributed by atoms with E-state index in [2.05, 4.69) is 5.32 Å². The van der Waals surface area contributed by atoms with Crippen LogP contribution in [-0.4, -0.2) is 22.9 Å². The Morgan fingerprint density at radius 2 is 1.64 bits per heavy atom. The summed E-state index contributed by atoms with van der Waals surface area (Å²) >= 11 is 0. The number of benzene rings is 3.